The maximum atomic E-state index is 13.0. The van der Waals surface area contributed by atoms with Gasteiger partial charge in [0.25, 0.3) is 15.9 Å². The summed E-state index contributed by atoms with van der Waals surface area (Å²) in [5.74, 6) is -0.506. The van der Waals surface area contributed by atoms with Crippen molar-refractivity contribution in [3.63, 3.8) is 0 Å². The highest BCUT2D eigenvalue weighted by atomic mass is 79.9. The van der Waals surface area contributed by atoms with Crippen LogP contribution in [0, 0.1) is 5.92 Å². The maximum absolute atomic E-state index is 13.0. The summed E-state index contributed by atoms with van der Waals surface area (Å²) in [4.78, 5) is 38.4. The van der Waals surface area contributed by atoms with Crippen molar-refractivity contribution in [2.24, 2.45) is 5.92 Å². The first-order valence-electron chi connectivity index (χ1n) is 12.4. The third kappa shape index (κ3) is 7.07. The number of anilines is 1. The summed E-state index contributed by atoms with van der Waals surface area (Å²) in [7, 11) is -4.34. The van der Waals surface area contributed by atoms with E-state index >= 15 is 0 Å². The molecule has 2 amide bonds. The minimum Gasteiger partial charge on any atom is -0.465 e. The van der Waals surface area contributed by atoms with E-state index < -0.39 is 27.6 Å². The number of carbonyl (C=O) groups is 2. The van der Waals surface area contributed by atoms with Gasteiger partial charge >= 0.3 is 6.09 Å². The van der Waals surface area contributed by atoms with Crippen molar-refractivity contribution in [3.8, 4) is 0 Å². The van der Waals surface area contributed by atoms with Crippen molar-refractivity contribution in [1.82, 2.24) is 24.6 Å². The number of sulfonamides is 1. The molecular weight excluding hydrogens is 624 g/mol. The van der Waals surface area contributed by atoms with Crippen molar-refractivity contribution >= 4 is 55.4 Å². The van der Waals surface area contributed by atoms with Crippen LogP contribution in [0.4, 0.5) is 10.6 Å². The quantitative estimate of drug-likeness (QED) is 0.268. The summed E-state index contributed by atoms with van der Waals surface area (Å²) in [5, 5.41) is 12.3. The van der Waals surface area contributed by atoms with E-state index in [2.05, 4.69) is 36.2 Å². The zero-order valence-corrected chi connectivity index (χ0v) is 24.9. The molecule has 212 valence electrons. The van der Waals surface area contributed by atoms with Crippen LogP contribution in [0.5, 0.6) is 0 Å². The van der Waals surface area contributed by atoms with Crippen molar-refractivity contribution in [2.45, 2.75) is 49.7 Å². The molecule has 40 heavy (non-hydrogen) atoms. The van der Waals surface area contributed by atoms with E-state index in [-0.39, 0.29) is 33.5 Å². The van der Waals surface area contributed by atoms with E-state index in [9.17, 15) is 23.1 Å². The average Bonchev–Trinajstić information content (AvgIpc) is 3.21. The number of carboxylic acid groups (broad SMARTS) is 1. The number of pyridine rings is 3. The number of nitrogens with zero attached hydrogens (tertiary/aromatic N) is 4. The summed E-state index contributed by atoms with van der Waals surface area (Å²) in [6.45, 7) is 4.29. The summed E-state index contributed by atoms with van der Waals surface area (Å²) >= 11 is 9.13. The monoisotopic (exact) mass is 650 g/mol. The van der Waals surface area contributed by atoms with Crippen LogP contribution in [-0.2, 0) is 10.0 Å². The molecule has 0 aromatic carbocycles. The van der Waals surface area contributed by atoms with Gasteiger partial charge in [-0.05, 0) is 91.4 Å². The van der Waals surface area contributed by atoms with E-state index in [0.29, 0.717) is 17.6 Å². The minimum absolute atomic E-state index is 0.102. The standard InChI is InChI=1S/C26H28BrClN6O5S/c1-26(2)14-16(15-34(26)25(36)37)9-11-19(18-6-3-4-13-29-18)30-21-7-5-8-22(32-21)40(38,39)33-24(35)17-10-12-20(27)31-23(17)28/h3-8,10,12-13,16,19H,9,11,14-15H2,1-2H3,(H,30,32)(H,33,35)(H,36,37)/t16-,19?/m0/s1. The van der Waals surface area contributed by atoms with Gasteiger partial charge < -0.3 is 15.3 Å². The number of aromatic nitrogens is 3. The van der Waals surface area contributed by atoms with Crippen LogP contribution in [0.1, 0.15) is 55.2 Å². The summed E-state index contributed by atoms with van der Waals surface area (Å²) < 4.78 is 28.4. The highest BCUT2D eigenvalue weighted by Gasteiger charge is 2.41. The Balaban J connectivity index is 1.50. The first kappa shape index (κ1) is 29.7. The fourth-order valence-corrected chi connectivity index (χ4v) is 6.42. The number of halogens is 2. The Labute approximate surface area is 245 Å². The highest BCUT2D eigenvalue weighted by molar-refractivity contribution is 9.10. The molecule has 0 saturated carbocycles. The molecule has 11 nitrogen and oxygen atoms in total. The zero-order chi connectivity index (χ0) is 29.1. The molecular formula is C26H28BrClN6O5S. The number of carbonyl (C=O) groups excluding carboxylic acids is 1. The Hall–Kier alpha value is -3.29. The molecule has 4 heterocycles. The molecule has 0 aliphatic carbocycles. The van der Waals surface area contributed by atoms with Gasteiger partial charge in [0.2, 0.25) is 0 Å². The van der Waals surface area contributed by atoms with Crippen LogP contribution >= 0.6 is 27.5 Å². The lowest BCUT2D eigenvalue weighted by atomic mass is 9.91. The van der Waals surface area contributed by atoms with E-state index in [0.717, 1.165) is 18.5 Å². The predicted octanol–water partition coefficient (Wildman–Crippen LogP) is 5.12. The predicted molar refractivity (Wildman–Crippen MR) is 153 cm³/mol. The SMILES string of the molecule is CC1(C)C[C@H](CCC(Nc2cccc(S(=O)(=O)NC(=O)c3ccc(Br)nc3Cl)n2)c2ccccn2)CN1C(=O)O. The van der Waals surface area contributed by atoms with Gasteiger partial charge in [-0.1, -0.05) is 23.7 Å². The Kier molecular flexibility index (Phi) is 8.96. The smallest absolute Gasteiger partial charge is 0.407 e. The van der Waals surface area contributed by atoms with E-state index in [4.69, 9.17) is 11.6 Å². The molecule has 1 saturated heterocycles. The molecule has 4 rings (SSSR count). The number of nitrogens with one attached hydrogen (secondary N) is 2. The lowest BCUT2D eigenvalue weighted by molar-refractivity contribution is 0.0980. The topological polar surface area (TPSA) is 154 Å². The van der Waals surface area contributed by atoms with Gasteiger partial charge in [-0.15, -0.1) is 0 Å². The van der Waals surface area contributed by atoms with Crippen LogP contribution < -0.4 is 10.0 Å². The molecule has 1 aliphatic heterocycles. The van der Waals surface area contributed by atoms with Crippen molar-refractivity contribution < 1.29 is 23.1 Å². The average molecular weight is 652 g/mol. The molecule has 0 radical (unpaired) electrons. The second-order valence-electron chi connectivity index (χ2n) is 10.1. The molecule has 1 unspecified atom stereocenters. The van der Waals surface area contributed by atoms with Gasteiger partial charge in [-0.25, -0.2) is 19.5 Å². The third-order valence-corrected chi connectivity index (χ3v) is 8.67. The lowest BCUT2D eigenvalue weighted by Gasteiger charge is -2.28. The van der Waals surface area contributed by atoms with Gasteiger partial charge in [0.15, 0.2) is 5.03 Å². The van der Waals surface area contributed by atoms with Crippen molar-refractivity contribution in [2.75, 3.05) is 11.9 Å². The van der Waals surface area contributed by atoms with Crippen LogP contribution in [-0.4, -0.2) is 57.5 Å². The molecule has 1 aliphatic rings. The van der Waals surface area contributed by atoms with Crippen LogP contribution in [0.2, 0.25) is 5.15 Å². The number of hydrogen-bond acceptors (Lipinski definition) is 8. The highest BCUT2D eigenvalue weighted by Crippen LogP contribution is 2.36. The Morgan fingerprint density at radius 2 is 1.95 bits per heavy atom. The number of amides is 2. The van der Waals surface area contributed by atoms with E-state index in [1.54, 1.807) is 18.3 Å². The van der Waals surface area contributed by atoms with Crippen LogP contribution in [0.15, 0.2) is 64.4 Å². The molecule has 2 atom stereocenters. The molecule has 14 heteroatoms. The fraction of sp³-hybridized carbons (Fsp3) is 0.346. The van der Waals surface area contributed by atoms with E-state index in [1.165, 1.54) is 29.2 Å². The van der Waals surface area contributed by atoms with Gasteiger partial charge in [0, 0.05) is 18.3 Å². The Bertz CT molecular complexity index is 1510. The second-order valence-corrected chi connectivity index (χ2v) is 12.9. The van der Waals surface area contributed by atoms with Crippen molar-refractivity contribution in [3.05, 3.63) is 75.7 Å². The zero-order valence-electron chi connectivity index (χ0n) is 21.7. The maximum Gasteiger partial charge on any atom is 0.407 e. The van der Waals surface area contributed by atoms with Gasteiger partial charge in [-0.3, -0.25) is 9.78 Å². The van der Waals surface area contributed by atoms with Gasteiger partial charge in [0.05, 0.1) is 17.3 Å². The third-order valence-electron chi connectivity index (χ3n) is 6.71. The van der Waals surface area contributed by atoms with Crippen LogP contribution in [0.25, 0.3) is 0 Å². The lowest BCUT2D eigenvalue weighted by Crippen LogP contribution is -2.41. The largest absolute Gasteiger partial charge is 0.465 e. The minimum atomic E-state index is -4.34. The molecule has 3 N–H and O–H groups in total. The number of hydrogen-bond donors (Lipinski definition) is 3. The molecule has 3 aromatic heterocycles. The van der Waals surface area contributed by atoms with Gasteiger partial charge in [-0.2, -0.15) is 8.42 Å². The number of rotatable bonds is 9. The molecule has 0 spiro atoms. The Morgan fingerprint density at radius 1 is 1.18 bits per heavy atom. The van der Waals surface area contributed by atoms with Crippen molar-refractivity contribution in [1.29, 1.82) is 0 Å². The summed E-state index contributed by atoms with van der Waals surface area (Å²) in [6.07, 6.45) is 2.80. The van der Waals surface area contributed by atoms with Gasteiger partial charge in [0.1, 0.15) is 15.6 Å². The molecule has 0 bridgehead atoms. The first-order valence-corrected chi connectivity index (χ1v) is 15.1. The van der Waals surface area contributed by atoms with E-state index in [1.807, 2.05) is 30.7 Å². The Morgan fingerprint density at radius 3 is 2.60 bits per heavy atom. The molecule has 3 aromatic rings. The summed E-state index contributed by atoms with van der Waals surface area (Å²) in [5.41, 5.74) is 0.181. The first-order chi connectivity index (χ1) is 18.9. The fourth-order valence-electron chi connectivity index (χ4n) is 4.83. The second kappa shape index (κ2) is 12.1. The van der Waals surface area contributed by atoms with Crippen LogP contribution in [0.3, 0.4) is 0 Å². The molecule has 1 fully saturated rings. The normalized spacial score (nSPS) is 17.3. The number of likely N-dealkylation sites (tertiary alicyclic amines) is 1. The summed E-state index contributed by atoms with van der Waals surface area (Å²) in [6, 6.07) is 12.4.